The molecule has 0 aliphatic carbocycles. The molecule has 0 spiro atoms. The van der Waals surface area contributed by atoms with E-state index in [-0.39, 0.29) is 11.9 Å². The maximum Gasteiger partial charge on any atom is 0.226 e. The fourth-order valence-electron chi connectivity index (χ4n) is 1.20. The quantitative estimate of drug-likeness (QED) is 0.656. The van der Waals surface area contributed by atoms with E-state index >= 15 is 0 Å². The molecule has 3 nitrogen and oxygen atoms in total. The van der Waals surface area contributed by atoms with Gasteiger partial charge in [-0.25, -0.2) is 0 Å². The molecule has 0 amide bonds. The lowest BCUT2D eigenvalue weighted by atomic mass is 10.1. The van der Waals surface area contributed by atoms with Crippen LogP contribution in [0.1, 0.15) is 30.3 Å². The first-order valence-corrected chi connectivity index (χ1v) is 4.40. The Morgan fingerprint density at radius 2 is 2.46 bits per heavy atom. The average Bonchev–Trinajstić information content (AvgIpc) is 2.65. The number of hydrogen-bond donors (Lipinski definition) is 0. The predicted octanol–water partition coefficient (Wildman–Crippen LogP) is 2.28. The largest absolute Gasteiger partial charge is 0.461 e. The number of methoxy groups -OCH3 is 1. The Morgan fingerprint density at radius 3 is 2.92 bits per heavy atom. The number of ketones is 1. The lowest BCUT2D eigenvalue weighted by molar-refractivity contribution is 0.0551. The number of carbonyl (C=O) groups is 1. The Morgan fingerprint density at radius 1 is 1.69 bits per heavy atom. The summed E-state index contributed by atoms with van der Waals surface area (Å²) in [6.07, 6.45) is 2.78. The van der Waals surface area contributed by atoms with Gasteiger partial charge in [0.1, 0.15) is 6.10 Å². The van der Waals surface area contributed by atoms with Crippen molar-refractivity contribution in [2.24, 2.45) is 0 Å². The first-order valence-electron chi connectivity index (χ1n) is 4.40. The van der Waals surface area contributed by atoms with Crippen molar-refractivity contribution in [2.75, 3.05) is 7.11 Å². The van der Waals surface area contributed by atoms with Crippen LogP contribution in [-0.4, -0.2) is 19.0 Å². The van der Waals surface area contributed by atoms with Crippen molar-refractivity contribution in [3.8, 4) is 0 Å². The SMILES string of the molecule is CCCC(OC)C(=O)c1ccco1. The van der Waals surface area contributed by atoms with Gasteiger partial charge in [0.15, 0.2) is 5.76 Å². The molecule has 0 radical (unpaired) electrons. The molecular formula is C10H14O3. The molecule has 0 bridgehead atoms. The van der Waals surface area contributed by atoms with Crippen molar-refractivity contribution >= 4 is 5.78 Å². The van der Waals surface area contributed by atoms with Crippen LogP contribution in [0.2, 0.25) is 0 Å². The minimum Gasteiger partial charge on any atom is -0.461 e. The van der Waals surface area contributed by atoms with Crippen molar-refractivity contribution in [1.29, 1.82) is 0 Å². The number of furan rings is 1. The van der Waals surface area contributed by atoms with Gasteiger partial charge in [0.05, 0.1) is 6.26 Å². The third-order valence-corrected chi connectivity index (χ3v) is 1.89. The van der Waals surface area contributed by atoms with Crippen LogP contribution in [0.25, 0.3) is 0 Å². The predicted molar refractivity (Wildman–Crippen MR) is 48.7 cm³/mol. The van der Waals surface area contributed by atoms with E-state index in [1.165, 1.54) is 6.26 Å². The summed E-state index contributed by atoms with van der Waals surface area (Å²) >= 11 is 0. The van der Waals surface area contributed by atoms with Gasteiger partial charge in [-0.3, -0.25) is 4.79 Å². The molecule has 1 aromatic rings. The molecule has 0 saturated carbocycles. The van der Waals surface area contributed by atoms with E-state index in [0.29, 0.717) is 5.76 Å². The summed E-state index contributed by atoms with van der Waals surface area (Å²) in [5, 5.41) is 0. The van der Waals surface area contributed by atoms with Crippen molar-refractivity contribution in [2.45, 2.75) is 25.9 Å². The van der Waals surface area contributed by atoms with Gasteiger partial charge in [-0.1, -0.05) is 13.3 Å². The first kappa shape index (κ1) is 9.99. The number of Topliss-reactive ketones (excluding diaryl/α,β-unsaturated/α-hetero) is 1. The summed E-state index contributed by atoms with van der Waals surface area (Å²) in [6.45, 7) is 2.02. The second-order valence-electron chi connectivity index (χ2n) is 2.85. The van der Waals surface area contributed by atoms with E-state index in [9.17, 15) is 4.79 Å². The van der Waals surface area contributed by atoms with Crippen LogP contribution >= 0.6 is 0 Å². The minimum atomic E-state index is -0.365. The minimum absolute atomic E-state index is 0.0747. The normalized spacial score (nSPS) is 12.8. The maximum atomic E-state index is 11.6. The van der Waals surface area contributed by atoms with Crippen LogP contribution in [0, 0.1) is 0 Å². The number of rotatable bonds is 5. The zero-order valence-electron chi connectivity index (χ0n) is 7.95. The zero-order chi connectivity index (χ0) is 9.68. The Kier molecular flexibility index (Phi) is 3.71. The van der Waals surface area contributed by atoms with Crippen LogP contribution < -0.4 is 0 Å². The average molecular weight is 182 g/mol. The van der Waals surface area contributed by atoms with E-state index in [1.54, 1.807) is 19.2 Å². The number of hydrogen-bond acceptors (Lipinski definition) is 3. The monoisotopic (exact) mass is 182 g/mol. The van der Waals surface area contributed by atoms with E-state index in [2.05, 4.69) is 0 Å². The van der Waals surface area contributed by atoms with Crippen LogP contribution in [0.4, 0.5) is 0 Å². The summed E-state index contributed by atoms with van der Waals surface area (Å²) < 4.78 is 10.1. The van der Waals surface area contributed by atoms with E-state index < -0.39 is 0 Å². The Labute approximate surface area is 77.7 Å². The highest BCUT2D eigenvalue weighted by Gasteiger charge is 2.20. The zero-order valence-corrected chi connectivity index (χ0v) is 7.95. The lowest BCUT2D eigenvalue weighted by Gasteiger charge is -2.10. The summed E-state index contributed by atoms with van der Waals surface area (Å²) in [4.78, 5) is 11.6. The van der Waals surface area contributed by atoms with Crippen molar-refractivity contribution in [1.82, 2.24) is 0 Å². The maximum absolute atomic E-state index is 11.6. The molecule has 1 unspecified atom stereocenters. The smallest absolute Gasteiger partial charge is 0.226 e. The molecule has 72 valence electrons. The molecule has 1 rings (SSSR count). The van der Waals surface area contributed by atoms with E-state index in [4.69, 9.17) is 9.15 Å². The molecular weight excluding hydrogens is 168 g/mol. The van der Waals surface area contributed by atoms with E-state index in [1.807, 2.05) is 6.92 Å². The summed E-state index contributed by atoms with van der Waals surface area (Å²) in [6, 6.07) is 3.36. The molecule has 1 heterocycles. The Balaban J connectivity index is 2.65. The Bertz CT molecular complexity index is 251. The van der Waals surface area contributed by atoms with Gasteiger partial charge in [0, 0.05) is 7.11 Å². The third-order valence-electron chi connectivity index (χ3n) is 1.89. The molecule has 0 aromatic carbocycles. The topological polar surface area (TPSA) is 39.4 Å². The molecule has 0 aliphatic rings. The second kappa shape index (κ2) is 4.82. The highest BCUT2D eigenvalue weighted by molar-refractivity contribution is 5.96. The number of carbonyl (C=O) groups excluding carboxylic acids is 1. The fourth-order valence-corrected chi connectivity index (χ4v) is 1.20. The molecule has 0 N–H and O–H groups in total. The van der Waals surface area contributed by atoms with Crippen LogP contribution in [0.5, 0.6) is 0 Å². The van der Waals surface area contributed by atoms with Gasteiger partial charge in [0.2, 0.25) is 5.78 Å². The van der Waals surface area contributed by atoms with Crippen LogP contribution in [0.15, 0.2) is 22.8 Å². The second-order valence-corrected chi connectivity index (χ2v) is 2.85. The summed E-state index contributed by atoms with van der Waals surface area (Å²) in [5.41, 5.74) is 0. The Hall–Kier alpha value is -1.09. The summed E-state index contributed by atoms with van der Waals surface area (Å²) in [7, 11) is 1.54. The highest BCUT2D eigenvalue weighted by atomic mass is 16.5. The van der Waals surface area contributed by atoms with Gasteiger partial charge >= 0.3 is 0 Å². The van der Waals surface area contributed by atoms with Gasteiger partial charge < -0.3 is 9.15 Å². The molecule has 1 atom stereocenters. The van der Waals surface area contributed by atoms with E-state index in [0.717, 1.165) is 12.8 Å². The van der Waals surface area contributed by atoms with Crippen molar-refractivity contribution in [3.63, 3.8) is 0 Å². The van der Waals surface area contributed by atoms with Gasteiger partial charge in [-0.05, 0) is 18.6 Å². The molecule has 13 heavy (non-hydrogen) atoms. The van der Waals surface area contributed by atoms with Crippen molar-refractivity contribution < 1.29 is 13.9 Å². The molecule has 1 aromatic heterocycles. The molecule has 0 saturated heterocycles. The van der Waals surface area contributed by atoms with Crippen LogP contribution in [0.3, 0.4) is 0 Å². The summed E-state index contributed by atoms with van der Waals surface area (Å²) in [5.74, 6) is 0.301. The molecule has 0 aliphatic heterocycles. The lowest BCUT2D eigenvalue weighted by Crippen LogP contribution is -2.22. The first-order chi connectivity index (χ1) is 6.29. The number of ether oxygens (including phenoxy) is 1. The van der Waals surface area contributed by atoms with Gasteiger partial charge in [-0.15, -0.1) is 0 Å². The molecule has 0 fully saturated rings. The standard InChI is InChI=1S/C10H14O3/c1-3-5-8(12-2)10(11)9-6-4-7-13-9/h4,6-8H,3,5H2,1-2H3. The highest BCUT2D eigenvalue weighted by Crippen LogP contribution is 2.10. The third kappa shape index (κ3) is 2.42. The van der Waals surface area contributed by atoms with Gasteiger partial charge in [0.25, 0.3) is 0 Å². The molecule has 3 heteroatoms. The van der Waals surface area contributed by atoms with Crippen molar-refractivity contribution in [3.05, 3.63) is 24.2 Å². The van der Waals surface area contributed by atoms with Crippen LogP contribution in [-0.2, 0) is 4.74 Å². The van der Waals surface area contributed by atoms with Gasteiger partial charge in [-0.2, -0.15) is 0 Å². The fraction of sp³-hybridized carbons (Fsp3) is 0.500.